The van der Waals surface area contributed by atoms with Gasteiger partial charge in [-0.3, -0.25) is 0 Å². The molecule has 1 aromatic carbocycles. The summed E-state index contributed by atoms with van der Waals surface area (Å²) in [5, 5.41) is 7.08. The van der Waals surface area contributed by atoms with Crippen molar-refractivity contribution in [2.24, 2.45) is 0 Å². The third-order valence-corrected chi connectivity index (χ3v) is 4.23. The van der Waals surface area contributed by atoms with E-state index in [0.29, 0.717) is 24.2 Å². The van der Waals surface area contributed by atoms with Crippen molar-refractivity contribution < 1.29 is 9.26 Å². The van der Waals surface area contributed by atoms with Gasteiger partial charge in [-0.05, 0) is 30.5 Å². The standard InChI is InChI=1S/C17H13N3O2S/c1-2-21-16-12(10-11-6-3-4-7-13(11)18-16)15-19-17(22-20-15)14-8-5-9-23-14/h3-10H,2H2,1H3. The van der Waals surface area contributed by atoms with Gasteiger partial charge < -0.3 is 9.26 Å². The summed E-state index contributed by atoms with van der Waals surface area (Å²) < 4.78 is 11.0. The molecule has 0 N–H and O–H groups in total. The van der Waals surface area contributed by atoms with E-state index in [1.165, 1.54) is 0 Å². The molecule has 0 amide bonds. The lowest BCUT2D eigenvalue weighted by molar-refractivity contribution is 0.329. The fourth-order valence-corrected chi connectivity index (χ4v) is 2.98. The van der Waals surface area contributed by atoms with E-state index in [1.807, 2.05) is 54.8 Å². The van der Waals surface area contributed by atoms with Crippen molar-refractivity contribution in [1.82, 2.24) is 15.1 Å². The molecule has 3 heterocycles. The van der Waals surface area contributed by atoms with Crippen LogP contribution in [0.4, 0.5) is 0 Å². The molecule has 0 saturated heterocycles. The van der Waals surface area contributed by atoms with Crippen LogP contribution >= 0.6 is 11.3 Å². The van der Waals surface area contributed by atoms with E-state index in [-0.39, 0.29) is 0 Å². The van der Waals surface area contributed by atoms with Gasteiger partial charge in [0.25, 0.3) is 5.89 Å². The smallest absolute Gasteiger partial charge is 0.268 e. The number of thiophene rings is 1. The van der Waals surface area contributed by atoms with Crippen LogP contribution in [0.2, 0.25) is 0 Å². The fraction of sp³-hybridized carbons (Fsp3) is 0.118. The highest BCUT2D eigenvalue weighted by Gasteiger charge is 2.17. The van der Waals surface area contributed by atoms with E-state index in [9.17, 15) is 0 Å². The lowest BCUT2D eigenvalue weighted by Crippen LogP contribution is -1.98. The Balaban J connectivity index is 1.85. The van der Waals surface area contributed by atoms with Crippen molar-refractivity contribution in [2.75, 3.05) is 6.61 Å². The molecule has 5 nitrogen and oxygen atoms in total. The molecule has 0 aliphatic rings. The van der Waals surface area contributed by atoms with E-state index in [1.54, 1.807) is 11.3 Å². The number of benzene rings is 1. The van der Waals surface area contributed by atoms with Crippen molar-refractivity contribution in [3.8, 4) is 28.0 Å². The molecular weight excluding hydrogens is 310 g/mol. The number of para-hydroxylation sites is 1. The third-order valence-electron chi connectivity index (χ3n) is 3.37. The molecule has 0 aliphatic heterocycles. The van der Waals surface area contributed by atoms with E-state index in [2.05, 4.69) is 15.1 Å². The van der Waals surface area contributed by atoms with E-state index >= 15 is 0 Å². The fourth-order valence-electron chi connectivity index (χ4n) is 2.34. The number of nitrogens with zero attached hydrogens (tertiary/aromatic N) is 3. The van der Waals surface area contributed by atoms with Gasteiger partial charge >= 0.3 is 0 Å². The quantitative estimate of drug-likeness (QED) is 0.556. The van der Waals surface area contributed by atoms with Crippen LogP contribution in [0.3, 0.4) is 0 Å². The summed E-state index contributed by atoms with van der Waals surface area (Å²) in [5.74, 6) is 1.51. The van der Waals surface area contributed by atoms with E-state index < -0.39 is 0 Å². The number of aromatic nitrogens is 3. The minimum Gasteiger partial charge on any atom is -0.477 e. The SMILES string of the molecule is CCOc1nc2ccccc2cc1-c1noc(-c2cccs2)n1. The van der Waals surface area contributed by atoms with Crippen LogP contribution in [0.1, 0.15) is 6.92 Å². The van der Waals surface area contributed by atoms with E-state index in [4.69, 9.17) is 9.26 Å². The van der Waals surface area contributed by atoms with Crippen LogP contribution in [0, 0.1) is 0 Å². The summed E-state index contributed by atoms with van der Waals surface area (Å²) in [6.07, 6.45) is 0. The average molecular weight is 323 g/mol. The first-order valence-corrected chi connectivity index (χ1v) is 8.13. The first kappa shape index (κ1) is 13.9. The average Bonchev–Trinajstić information content (AvgIpc) is 3.26. The number of fused-ring (bicyclic) bond motifs is 1. The van der Waals surface area contributed by atoms with Gasteiger partial charge in [-0.15, -0.1) is 11.3 Å². The molecular formula is C17H13N3O2S. The van der Waals surface area contributed by atoms with Gasteiger partial charge in [0.1, 0.15) is 0 Å². The van der Waals surface area contributed by atoms with Crippen molar-refractivity contribution in [2.45, 2.75) is 6.92 Å². The van der Waals surface area contributed by atoms with E-state index in [0.717, 1.165) is 21.3 Å². The molecule has 0 radical (unpaired) electrons. The molecule has 0 fully saturated rings. The normalized spacial score (nSPS) is 11.0. The molecule has 4 rings (SSSR count). The zero-order valence-electron chi connectivity index (χ0n) is 12.4. The molecule has 0 spiro atoms. The lowest BCUT2D eigenvalue weighted by atomic mass is 10.1. The molecule has 3 aromatic heterocycles. The number of pyridine rings is 1. The topological polar surface area (TPSA) is 61.0 Å². The molecule has 0 unspecified atom stereocenters. The molecule has 23 heavy (non-hydrogen) atoms. The second-order valence-electron chi connectivity index (χ2n) is 4.87. The summed E-state index contributed by atoms with van der Waals surface area (Å²) in [6.45, 7) is 2.45. The largest absolute Gasteiger partial charge is 0.477 e. The number of hydrogen-bond donors (Lipinski definition) is 0. The van der Waals surface area contributed by atoms with Gasteiger partial charge in [0.15, 0.2) is 0 Å². The van der Waals surface area contributed by atoms with Crippen LogP contribution in [0.15, 0.2) is 52.4 Å². The Hall–Kier alpha value is -2.73. The van der Waals surface area contributed by atoms with Crippen molar-refractivity contribution in [3.05, 3.63) is 47.8 Å². The summed E-state index contributed by atoms with van der Waals surface area (Å²) in [4.78, 5) is 10.00. The Morgan fingerprint density at radius 3 is 2.87 bits per heavy atom. The number of ether oxygens (including phenoxy) is 1. The number of rotatable bonds is 4. The Morgan fingerprint density at radius 2 is 2.04 bits per heavy atom. The Bertz CT molecular complexity index is 948. The van der Waals surface area contributed by atoms with Crippen molar-refractivity contribution in [3.63, 3.8) is 0 Å². The predicted molar refractivity (Wildman–Crippen MR) is 89.5 cm³/mol. The summed E-state index contributed by atoms with van der Waals surface area (Å²) in [5.41, 5.74) is 1.61. The minimum absolute atomic E-state index is 0.482. The highest BCUT2D eigenvalue weighted by Crippen LogP contribution is 2.32. The molecule has 0 aliphatic carbocycles. The van der Waals surface area contributed by atoms with Crippen molar-refractivity contribution in [1.29, 1.82) is 0 Å². The van der Waals surface area contributed by atoms with Crippen LogP contribution in [-0.4, -0.2) is 21.7 Å². The molecule has 0 saturated carbocycles. The second-order valence-corrected chi connectivity index (χ2v) is 5.81. The Labute approximate surface area is 136 Å². The molecule has 6 heteroatoms. The maximum Gasteiger partial charge on any atom is 0.268 e. The third kappa shape index (κ3) is 2.57. The predicted octanol–water partition coefficient (Wildman–Crippen LogP) is 4.41. The Kier molecular flexibility index (Phi) is 3.51. The van der Waals surface area contributed by atoms with Crippen LogP contribution < -0.4 is 4.74 Å². The van der Waals surface area contributed by atoms with Gasteiger partial charge in [-0.2, -0.15) is 4.98 Å². The zero-order valence-corrected chi connectivity index (χ0v) is 13.2. The monoisotopic (exact) mass is 323 g/mol. The summed E-state index contributed by atoms with van der Waals surface area (Å²) in [6, 6.07) is 13.8. The maximum absolute atomic E-state index is 5.67. The van der Waals surface area contributed by atoms with Gasteiger partial charge in [-0.25, -0.2) is 4.98 Å². The van der Waals surface area contributed by atoms with Gasteiger partial charge in [-0.1, -0.05) is 29.4 Å². The van der Waals surface area contributed by atoms with Crippen molar-refractivity contribution >= 4 is 22.2 Å². The van der Waals surface area contributed by atoms with Gasteiger partial charge in [0.05, 0.1) is 22.6 Å². The van der Waals surface area contributed by atoms with Crippen LogP contribution in [0.25, 0.3) is 33.1 Å². The minimum atomic E-state index is 0.482. The van der Waals surface area contributed by atoms with Gasteiger partial charge in [0, 0.05) is 5.39 Å². The second kappa shape index (κ2) is 5.81. The maximum atomic E-state index is 5.67. The molecule has 0 atom stereocenters. The summed E-state index contributed by atoms with van der Waals surface area (Å²) >= 11 is 1.56. The number of hydrogen-bond acceptors (Lipinski definition) is 6. The van der Waals surface area contributed by atoms with Crippen LogP contribution in [0.5, 0.6) is 5.88 Å². The lowest BCUT2D eigenvalue weighted by Gasteiger charge is -2.08. The highest BCUT2D eigenvalue weighted by atomic mass is 32.1. The Morgan fingerprint density at radius 1 is 1.13 bits per heavy atom. The first-order valence-electron chi connectivity index (χ1n) is 7.25. The van der Waals surface area contributed by atoms with Crippen LogP contribution in [-0.2, 0) is 0 Å². The highest BCUT2D eigenvalue weighted by molar-refractivity contribution is 7.13. The first-order chi connectivity index (χ1) is 11.3. The van der Waals surface area contributed by atoms with Gasteiger partial charge in [0.2, 0.25) is 11.7 Å². The summed E-state index contributed by atoms with van der Waals surface area (Å²) in [7, 11) is 0. The molecule has 114 valence electrons. The molecule has 0 bridgehead atoms. The zero-order chi connectivity index (χ0) is 15.6. The molecule has 4 aromatic rings.